The fourth-order valence-corrected chi connectivity index (χ4v) is 2.71. The summed E-state index contributed by atoms with van der Waals surface area (Å²) < 4.78 is 6.31. The van der Waals surface area contributed by atoms with Gasteiger partial charge in [0.05, 0.1) is 6.20 Å². The summed E-state index contributed by atoms with van der Waals surface area (Å²) in [6, 6.07) is 0. The zero-order chi connectivity index (χ0) is 10.2. The molecule has 0 bridgehead atoms. The van der Waals surface area contributed by atoms with Gasteiger partial charge in [0.1, 0.15) is 9.63 Å². The summed E-state index contributed by atoms with van der Waals surface area (Å²) in [5.74, 6) is 0.786. The quantitative estimate of drug-likeness (QED) is 0.899. The number of halogens is 1. The number of thioether (sulfide) groups is 1. The number of ether oxygens (including phenoxy) is 1. The molecule has 1 aromatic rings. The van der Waals surface area contributed by atoms with Crippen LogP contribution in [0.1, 0.15) is 13.8 Å². The molecule has 0 amide bonds. The number of nitrogens with zero attached hydrogens (tertiary/aromatic N) is 2. The molecular weight excluding hydrogens is 266 g/mol. The van der Waals surface area contributed by atoms with Crippen LogP contribution < -0.4 is 5.32 Å². The third-order valence-electron chi connectivity index (χ3n) is 1.77. The average Bonchev–Trinajstić information content (AvgIpc) is 2.40. The van der Waals surface area contributed by atoms with Gasteiger partial charge in [0.25, 0.3) is 0 Å². The molecule has 0 radical (unpaired) electrons. The fourth-order valence-electron chi connectivity index (χ4n) is 1.27. The lowest BCUT2D eigenvalue weighted by Crippen LogP contribution is -2.30. The summed E-state index contributed by atoms with van der Waals surface area (Å²) in [7, 11) is 0. The van der Waals surface area contributed by atoms with Crippen molar-refractivity contribution in [2.24, 2.45) is 0 Å². The maximum absolute atomic E-state index is 5.57. The van der Waals surface area contributed by atoms with Crippen molar-refractivity contribution in [1.82, 2.24) is 9.97 Å². The highest BCUT2D eigenvalue weighted by Crippen LogP contribution is 2.43. The highest BCUT2D eigenvalue weighted by molar-refractivity contribution is 9.10. The van der Waals surface area contributed by atoms with Crippen molar-refractivity contribution in [1.29, 1.82) is 0 Å². The lowest BCUT2D eigenvalue weighted by molar-refractivity contribution is 0.0709. The van der Waals surface area contributed by atoms with Crippen molar-refractivity contribution in [3.05, 3.63) is 10.8 Å². The molecule has 1 aromatic heterocycles. The lowest BCUT2D eigenvalue weighted by Gasteiger charge is -2.22. The molecular formula is C8H10BrN3OS. The Labute approximate surface area is 95.0 Å². The van der Waals surface area contributed by atoms with E-state index in [1.165, 1.54) is 0 Å². The van der Waals surface area contributed by atoms with Crippen LogP contribution >= 0.6 is 27.7 Å². The van der Waals surface area contributed by atoms with Crippen LogP contribution in [-0.2, 0) is 4.74 Å². The molecule has 4 nitrogen and oxygen atoms in total. The Morgan fingerprint density at radius 1 is 1.71 bits per heavy atom. The lowest BCUT2D eigenvalue weighted by atomic mass is 10.5. The van der Waals surface area contributed by atoms with Gasteiger partial charge in [-0.1, -0.05) is 0 Å². The first kappa shape index (κ1) is 10.2. The molecule has 0 aromatic carbocycles. The van der Waals surface area contributed by atoms with Gasteiger partial charge in [0, 0.05) is 6.61 Å². The summed E-state index contributed by atoms with van der Waals surface area (Å²) in [5, 5.41) is 3.62. The summed E-state index contributed by atoms with van der Waals surface area (Å²) in [6.07, 6.45) is 1.67. The predicted molar refractivity (Wildman–Crippen MR) is 59.2 cm³/mol. The SMILES string of the molecule is CCOC1(C)Nc2ncc(Br)nc2S1. The summed E-state index contributed by atoms with van der Waals surface area (Å²) in [6.45, 7) is 4.59. The molecule has 2 rings (SSSR count). The van der Waals surface area contributed by atoms with Crippen LogP contribution in [0.4, 0.5) is 5.82 Å². The number of aromatic nitrogens is 2. The minimum atomic E-state index is -0.433. The van der Waals surface area contributed by atoms with Crippen LogP contribution in [0.15, 0.2) is 15.8 Å². The van der Waals surface area contributed by atoms with E-state index in [2.05, 4.69) is 31.2 Å². The van der Waals surface area contributed by atoms with Crippen LogP contribution in [0, 0.1) is 0 Å². The number of rotatable bonds is 2. The topological polar surface area (TPSA) is 47.0 Å². The Hall–Kier alpha value is -0.330. The van der Waals surface area contributed by atoms with Crippen LogP contribution in [-0.4, -0.2) is 21.6 Å². The largest absolute Gasteiger partial charge is 0.347 e. The minimum absolute atomic E-state index is 0.433. The fraction of sp³-hybridized carbons (Fsp3) is 0.500. The second kappa shape index (κ2) is 3.67. The molecule has 1 aliphatic rings. The third-order valence-corrected chi connectivity index (χ3v) is 3.24. The van der Waals surface area contributed by atoms with Gasteiger partial charge >= 0.3 is 0 Å². The average molecular weight is 276 g/mol. The maximum Gasteiger partial charge on any atom is 0.191 e. The number of nitrogens with one attached hydrogen (secondary N) is 1. The highest BCUT2D eigenvalue weighted by Gasteiger charge is 2.35. The van der Waals surface area contributed by atoms with Gasteiger partial charge in [-0.25, -0.2) is 9.97 Å². The molecule has 76 valence electrons. The van der Waals surface area contributed by atoms with Crippen molar-refractivity contribution < 1.29 is 4.74 Å². The van der Waals surface area contributed by atoms with Gasteiger partial charge in [-0.2, -0.15) is 0 Å². The number of hydrogen-bond acceptors (Lipinski definition) is 5. The van der Waals surface area contributed by atoms with E-state index < -0.39 is 5.06 Å². The first-order chi connectivity index (χ1) is 6.63. The molecule has 14 heavy (non-hydrogen) atoms. The smallest absolute Gasteiger partial charge is 0.191 e. The van der Waals surface area contributed by atoms with E-state index in [-0.39, 0.29) is 0 Å². The van der Waals surface area contributed by atoms with Crippen LogP contribution in [0.5, 0.6) is 0 Å². The van der Waals surface area contributed by atoms with Gasteiger partial charge in [0.2, 0.25) is 0 Å². The van der Waals surface area contributed by atoms with Crippen molar-refractivity contribution in [3.8, 4) is 0 Å². The van der Waals surface area contributed by atoms with E-state index in [0.29, 0.717) is 6.61 Å². The number of anilines is 1. The zero-order valence-electron chi connectivity index (χ0n) is 7.87. The van der Waals surface area contributed by atoms with Crippen LogP contribution in [0.3, 0.4) is 0 Å². The van der Waals surface area contributed by atoms with Gasteiger partial charge in [-0.3, -0.25) is 0 Å². The zero-order valence-corrected chi connectivity index (χ0v) is 10.3. The standard InChI is InChI=1S/C8H10BrN3OS/c1-3-13-8(2)12-6-7(14-8)11-5(9)4-10-6/h4H,3H2,1-2H3,(H,10,12). The molecule has 1 N–H and O–H groups in total. The van der Waals surface area contributed by atoms with E-state index >= 15 is 0 Å². The number of hydrogen-bond donors (Lipinski definition) is 1. The normalized spacial score (nSPS) is 24.5. The van der Waals surface area contributed by atoms with Gasteiger partial charge < -0.3 is 10.1 Å². The van der Waals surface area contributed by atoms with E-state index in [4.69, 9.17) is 4.74 Å². The van der Waals surface area contributed by atoms with Crippen LogP contribution in [0.25, 0.3) is 0 Å². The van der Waals surface area contributed by atoms with Crippen molar-refractivity contribution in [3.63, 3.8) is 0 Å². The van der Waals surface area contributed by atoms with Gasteiger partial charge in [-0.05, 0) is 41.5 Å². The summed E-state index contributed by atoms with van der Waals surface area (Å²) in [4.78, 5) is 8.52. The third kappa shape index (κ3) is 1.87. The Balaban J connectivity index is 2.25. The first-order valence-corrected chi connectivity index (χ1v) is 5.87. The second-order valence-corrected chi connectivity index (χ2v) is 5.13. The molecule has 6 heteroatoms. The second-order valence-electron chi connectivity index (χ2n) is 2.95. The molecule has 2 heterocycles. The van der Waals surface area contributed by atoms with Gasteiger partial charge in [-0.15, -0.1) is 0 Å². The van der Waals surface area contributed by atoms with Crippen molar-refractivity contribution in [2.75, 3.05) is 11.9 Å². The molecule has 1 unspecified atom stereocenters. The molecule has 0 spiro atoms. The minimum Gasteiger partial charge on any atom is -0.347 e. The maximum atomic E-state index is 5.57. The van der Waals surface area contributed by atoms with E-state index in [0.717, 1.165) is 15.4 Å². The molecule has 1 aliphatic heterocycles. The summed E-state index contributed by atoms with van der Waals surface area (Å²) >= 11 is 4.83. The monoisotopic (exact) mass is 275 g/mol. The Morgan fingerprint density at radius 2 is 2.50 bits per heavy atom. The van der Waals surface area contributed by atoms with E-state index in [9.17, 15) is 0 Å². The molecule has 0 saturated carbocycles. The predicted octanol–water partition coefficient (Wildman–Crippen LogP) is 2.47. The van der Waals surface area contributed by atoms with Crippen LogP contribution in [0.2, 0.25) is 0 Å². The molecule has 0 aliphatic carbocycles. The highest BCUT2D eigenvalue weighted by atomic mass is 79.9. The van der Waals surface area contributed by atoms with E-state index in [1.54, 1.807) is 18.0 Å². The van der Waals surface area contributed by atoms with Crippen molar-refractivity contribution in [2.45, 2.75) is 23.9 Å². The van der Waals surface area contributed by atoms with Gasteiger partial charge in [0.15, 0.2) is 10.9 Å². The molecule has 0 saturated heterocycles. The first-order valence-electron chi connectivity index (χ1n) is 4.26. The number of fused-ring (bicyclic) bond motifs is 1. The Kier molecular flexibility index (Phi) is 2.68. The van der Waals surface area contributed by atoms with E-state index in [1.807, 2.05) is 13.8 Å². The summed E-state index contributed by atoms with van der Waals surface area (Å²) in [5.41, 5.74) is 0. The van der Waals surface area contributed by atoms with Crippen molar-refractivity contribution >= 4 is 33.5 Å². The molecule has 0 fully saturated rings. The Bertz CT molecular complexity index is 362. The molecule has 1 atom stereocenters. The Morgan fingerprint density at radius 3 is 3.21 bits per heavy atom.